The molecule has 0 saturated heterocycles. The summed E-state index contributed by atoms with van der Waals surface area (Å²) < 4.78 is 10.5. The smallest absolute Gasteiger partial charge is 0.323 e. The first-order valence-corrected chi connectivity index (χ1v) is 7.58. The number of benzene rings is 1. The van der Waals surface area contributed by atoms with Gasteiger partial charge in [-0.3, -0.25) is 9.59 Å². The molecule has 0 aliphatic heterocycles. The second-order valence-corrected chi connectivity index (χ2v) is 4.98. The number of amides is 1. The molecule has 1 heterocycles. The third kappa shape index (κ3) is 4.55. The Morgan fingerprint density at radius 3 is 2.50 bits per heavy atom. The van der Waals surface area contributed by atoms with Crippen LogP contribution in [0.15, 0.2) is 28.8 Å². The van der Waals surface area contributed by atoms with E-state index in [1.807, 2.05) is 6.92 Å². The standard InChI is InChI=1S/C16H19N3O5/c1-3-14-17-13(18-24-14)10-23-12-7-5-11(6-8-12)16(22)19(4-2)9-15(20)21/h5-8H,3-4,9-10H2,1-2H3,(H,20,21). The lowest BCUT2D eigenvalue weighted by molar-refractivity contribution is -0.137. The monoisotopic (exact) mass is 333 g/mol. The minimum atomic E-state index is -1.04. The van der Waals surface area contributed by atoms with Gasteiger partial charge in [0.2, 0.25) is 11.7 Å². The second kappa shape index (κ2) is 8.09. The number of carboxylic acids is 1. The van der Waals surface area contributed by atoms with Gasteiger partial charge in [-0.1, -0.05) is 12.1 Å². The van der Waals surface area contributed by atoms with Crippen LogP contribution >= 0.6 is 0 Å². The van der Waals surface area contributed by atoms with Crippen LogP contribution < -0.4 is 4.74 Å². The largest absolute Gasteiger partial charge is 0.485 e. The molecule has 128 valence electrons. The summed E-state index contributed by atoms with van der Waals surface area (Å²) in [7, 11) is 0. The third-order valence-corrected chi connectivity index (χ3v) is 3.28. The number of hydrogen-bond acceptors (Lipinski definition) is 6. The number of carbonyl (C=O) groups excluding carboxylic acids is 1. The van der Waals surface area contributed by atoms with Gasteiger partial charge in [-0.15, -0.1) is 0 Å². The van der Waals surface area contributed by atoms with Crippen molar-refractivity contribution in [3.63, 3.8) is 0 Å². The zero-order valence-corrected chi connectivity index (χ0v) is 13.6. The van der Waals surface area contributed by atoms with E-state index in [1.54, 1.807) is 31.2 Å². The molecule has 1 N–H and O–H groups in total. The average Bonchev–Trinajstić information content (AvgIpc) is 3.05. The number of aliphatic carboxylic acids is 1. The van der Waals surface area contributed by atoms with Crippen molar-refractivity contribution in [3.8, 4) is 5.75 Å². The molecule has 1 aromatic heterocycles. The SMILES string of the molecule is CCc1nc(COc2ccc(C(=O)N(CC)CC(=O)O)cc2)no1. The fourth-order valence-corrected chi connectivity index (χ4v) is 2.01. The van der Waals surface area contributed by atoms with Crippen LogP contribution in [0.4, 0.5) is 0 Å². The number of ether oxygens (including phenoxy) is 1. The Hall–Kier alpha value is -2.90. The number of nitrogens with zero attached hydrogens (tertiary/aromatic N) is 3. The Balaban J connectivity index is 1.96. The minimum absolute atomic E-state index is 0.164. The Bertz CT molecular complexity index is 696. The minimum Gasteiger partial charge on any atom is -0.485 e. The molecule has 0 bridgehead atoms. The lowest BCUT2D eigenvalue weighted by Crippen LogP contribution is -2.35. The van der Waals surface area contributed by atoms with Crippen molar-refractivity contribution in [2.45, 2.75) is 26.9 Å². The first-order valence-electron chi connectivity index (χ1n) is 7.58. The molecule has 0 spiro atoms. The Kier molecular flexibility index (Phi) is 5.89. The highest BCUT2D eigenvalue weighted by atomic mass is 16.5. The van der Waals surface area contributed by atoms with Gasteiger partial charge >= 0.3 is 5.97 Å². The lowest BCUT2D eigenvalue weighted by Gasteiger charge is -2.18. The van der Waals surface area contributed by atoms with Crippen molar-refractivity contribution in [1.29, 1.82) is 0 Å². The van der Waals surface area contributed by atoms with Gasteiger partial charge < -0.3 is 19.3 Å². The van der Waals surface area contributed by atoms with E-state index in [1.165, 1.54) is 4.90 Å². The van der Waals surface area contributed by atoms with Crippen molar-refractivity contribution in [2.24, 2.45) is 0 Å². The maximum absolute atomic E-state index is 12.2. The summed E-state index contributed by atoms with van der Waals surface area (Å²) in [5.74, 6) is 0.169. The predicted octanol–water partition coefficient (Wildman–Crippen LogP) is 1.76. The predicted molar refractivity (Wildman–Crippen MR) is 83.7 cm³/mol. The van der Waals surface area contributed by atoms with E-state index < -0.39 is 5.97 Å². The van der Waals surface area contributed by atoms with Crippen molar-refractivity contribution < 1.29 is 24.0 Å². The number of hydrogen-bond donors (Lipinski definition) is 1. The Morgan fingerprint density at radius 2 is 1.96 bits per heavy atom. The molecular weight excluding hydrogens is 314 g/mol. The van der Waals surface area contributed by atoms with Gasteiger partial charge in [-0.25, -0.2) is 0 Å². The summed E-state index contributed by atoms with van der Waals surface area (Å²) in [4.78, 5) is 28.4. The number of aryl methyl sites for hydroxylation is 1. The molecule has 0 unspecified atom stereocenters. The van der Waals surface area contributed by atoms with Crippen LogP contribution in [0.25, 0.3) is 0 Å². The quantitative estimate of drug-likeness (QED) is 0.784. The van der Waals surface area contributed by atoms with Gasteiger partial charge in [0, 0.05) is 18.5 Å². The molecular formula is C16H19N3O5. The van der Waals surface area contributed by atoms with Crippen molar-refractivity contribution in [3.05, 3.63) is 41.5 Å². The summed E-state index contributed by atoms with van der Waals surface area (Å²) in [5, 5.41) is 12.6. The molecule has 2 rings (SSSR count). The van der Waals surface area contributed by atoms with Crippen LogP contribution in [0.1, 0.15) is 35.9 Å². The molecule has 0 radical (unpaired) electrons. The molecule has 0 aliphatic rings. The van der Waals surface area contributed by atoms with E-state index in [-0.39, 0.29) is 19.1 Å². The summed E-state index contributed by atoms with van der Waals surface area (Å²) >= 11 is 0. The first-order chi connectivity index (χ1) is 11.5. The van der Waals surface area contributed by atoms with Gasteiger partial charge in [0.25, 0.3) is 5.91 Å². The normalized spacial score (nSPS) is 10.4. The van der Waals surface area contributed by atoms with Gasteiger partial charge in [-0.2, -0.15) is 4.98 Å². The van der Waals surface area contributed by atoms with E-state index in [4.69, 9.17) is 14.4 Å². The van der Waals surface area contributed by atoms with Crippen LogP contribution in [-0.4, -0.2) is 45.1 Å². The summed E-state index contributed by atoms with van der Waals surface area (Å²) in [6.45, 7) is 3.80. The molecule has 0 aliphatic carbocycles. The van der Waals surface area contributed by atoms with Gasteiger partial charge in [0.15, 0.2) is 6.61 Å². The number of rotatable bonds is 8. The molecule has 1 amide bonds. The average molecular weight is 333 g/mol. The van der Waals surface area contributed by atoms with Crippen LogP contribution in [0, 0.1) is 0 Å². The number of carbonyl (C=O) groups is 2. The summed E-state index contributed by atoms with van der Waals surface area (Å²) in [6.07, 6.45) is 0.661. The third-order valence-electron chi connectivity index (χ3n) is 3.28. The van der Waals surface area contributed by atoms with E-state index >= 15 is 0 Å². The van der Waals surface area contributed by atoms with Crippen LogP contribution in [0.3, 0.4) is 0 Å². The number of carboxylic acid groups (broad SMARTS) is 1. The number of aromatic nitrogens is 2. The molecule has 0 fully saturated rings. The topological polar surface area (TPSA) is 106 Å². The van der Waals surface area contributed by atoms with E-state index in [2.05, 4.69) is 10.1 Å². The highest BCUT2D eigenvalue weighted by Gasteiger charge is 2.16. The van der Waals surface area contributed by atoms with E-state index in [0.717, 1.165) is 0 Å². The molecule has 24 heavy (non-hydrogen) atoms. The van der Waals surface area contributed by atoms with Gasteiger partial charge in [-0.05, 0) is 31.2 Å². The second-order valence-electron chi connectivity index (χ2n) is 4.98. The summed E-state index contributed by atoms with van der Waals surface area (Å²) in [6, 6.07) is 6.47. The van der Waals surface area contributed by atoms with Crippen molar-refractivity contribution in [1.82, 2.24) is 15.0 Å². The maximum atomic E-state index is 12.2. The zero-order valence-electron chi connectivity index (χ0n) is 13.6. The van der Waals surface area contributed by atoms with Crippen molar-refractivity contribution in [2.75, 3.05) is 13.1 Å². The highest BCUT2D eigenvalue weighted by Crippen LogP contribution is 2.15. The fourth-order valence-electron chi connectivity index (χ4n) is 2.01. The molecule has 0 atom stereocenters. The molecule has 2 aromatic rings. The van der Waals surface area contributed by atoms with Crippen LogP contribution in [0.2, 0.25) is 0 Å². The van der Waals surface area contributed by atoms with Crippen LogP contribution in [0.5, 0.6) is 5.75 Å². The Morgan fingerprint density at radius 1 is 1.25 bits per heavy atom. The first kappa shape index (κ1) is 17.5. The van der Waals surface area contributed by atoms with Crippen LogP contribution in [-0.2, 0) is 17.8 Å². The van der Waals surface area contributed by atoms with E-state index in [0.29, 0.717) is 36.0 Å². The number of likely N-dealkylation sites (N-methyl/N-ethyl adjacent to an activating group) is 1. The maximum Gasteiger partial charge on any atom is 0.323 e. The lowest BCUT2D eigenvalue weighted by atomic mass is 10.2. The van der Waals surface area contributed by atoms with Crippen molar-refractivity contribution >= 4 is 11.9 Å². The van der Waals surface area contributed by atoms with Gasteiger partial charge in [0.05, 0.1) is 0 Å². The molecule has 8 nitrogen and oxygen atoms in total. The molecule has 0 saturated carbocycles. The summed E-state index contributed by atoms with van der Waals surface area (Å²) in [5.41, 5.74) is 0.401. The Labute approximate surface area is 139 Å². The fraction of sp³-hybridized carbons (Fsp3) is 0.375. The zero-order chi connectivity index (χ0) is 17.5. The highest BCUT2D eigenvalue weighted by molar-refractivity contribution is 5.95. The van der Waals surface area contributed by atoms with Gasteiger partial charge in [0.1, 0.15) is 12.3 Å². The van der Waals surface area contributed by atoms with E-state index in [9.17, 15) is 9.59 Å². The molecule has 8 heteroatoms. The molecule has 1 aromatic carbocycles.